The van der Waals surface area contributed by atoms with E-state index in [1.807, 2.05) is 0 Å². The van der Waals surface area contributed by atoms with Gasteiger partial charge in [-0.05, 0) is 18.2 Å². The molecule has 1 aliphatic rings. The molecule has 1 aliphatic heterocycles. The van der Waals surface area contributed by atoms with Crippen LogP contribution in [0.4, 0.5) is 0 Å². The first-order valence-corrected chi connectivity index (χ1v) is 8.95. The SMILES string of the molecule is O=C(O)CC1CSCCN1C(=O)c1[nH]c2ccc(Cl)cc2c1Cl. The summed E-state index contributed by atoms with van der Waals surface area (Å²) in [5.74, 6) is 0.214. The summed E-state index contributed by atoms with van der Waals surface area (Å²) in [4.78, 5) is 28.5. The number of aromatic nitrogens is 1. The summed E-state index contributed by atoms with van der Waals surface area (Å²) in [5.41, 5.74) is 1.01. The van der Waals surface area contributed by atoms with Gasteiger partial charge in [0, 0.05) is 34.0 Å². The van der Waals surface area contributed by atoms with Gasteiger partial charge in [-0.3, -0.25) is 9.59 Å². The fourth-order valence-corrected chi connectivity index (χ4v) is 4.23. The minimum atomic E-state index is -0.912. The molecule has 5 nitrogen and oxygen atoms in total. The third-order valence-corrected chi connectivity index (χ3v) is 5.53. The number of fused-ring (bicyclic) bond motifs is 1. The second-order valence-corrected chi connectivity index (χ2v) is 7.29. The number of thioether (sulfide) groups is 1. The highest BCUT2D eigenvalue weighted by Crippen LogP contribution is 2.31. The standard InChI is InChI=1S/C15H14Cl2N2O3S/c16-8-1-2-11-10(5-8)13(17)14(18-11)15(22)19-3-4-23-7-9(19)6-12(20)21/h1-2,5,9,18H,3-4,6-7H2,(H,20,21). The molecule has 1 aromatic carbocycles. The Morgan fingerprint density at radius 3 is 2.91 bits per heavy atom. The lowest BCUT2D eigenvalue weighted by Gasteiger charge is -2.34. The first kappa shape index (κ1) is 16.5. The normalized spacial score (nSPS) is 18.3. The van der Waals surface area contributed by atoms with Gasteiger partial charge in [-0.15, -0.1) is 0 Å². The third-order valence-electron chi connectivity index (χ3n) is 3.81. The van der Waals surface area contributed by atoms with Crippen molar-refractivity contribution in [3.05, 3.63) is 33.9 Å². The molecule has 122 valence electrons. The van der Waals surface area contributed by atoms with E-state index in [9.17, 15) is 9.59 Å². The van der Waals surface area contributed by atoms with Crippen molar-refractivity contribution in [1.29, 1.82) is 0 Å². The molecule has 2 aromatic rings. The second-order valence-electron chi connectivity index (χ2n) is 5.33. The summed E-state index contributed by atoms with van der Waals surface area (Å²) < 4.78 is 0. The van der Waals surface area contributed by atoms with Gasteiger partial charge in [-0.25, -0.2) is 0 Å². The molecule has 1 aromatic heterocycles. The quantitative estimate of drug-likeness (QED) is 0.864. The number of benzene rings is 1. The van der Waals surface area contributed by atoms with Crippen LogP contribution in [-0.4, -0.2) is 51.0 Å². The lowest BCUT2D eigenvalue weighted by atomic mass is 10.1. The average Bonchev–Trinajstić information content (AvgIpc) is 2.83. The number of carbonyl (C=O) groups excluding carboxylic acids is 1. The molecule has 1 atom stereocenters. The van der Waals surface area contributed by atoms with Crippen molar-refractivity contribution < 1.29 is 14.7 Å². The molecule has 2 heterocycles. The zero-order chi connectivity index (χ0) is 16.6. The van der Waals surface area contributed by atoms with Crippen LogP contribution in [0.15, 0.2) is 18.2 Å². The number of aliphatic carboxylic acids is 1. The van der Waals surface area contributed by atoms with Crippen LogP contribution in [0.25, 0.3) is 10.9 Å². The molecule has 0 spiro atoms. The van der Waals surface area contributed by atoms with Crippen molar-refractivity contribution in [2.24, 2.45) is 0 Å². The van der Waals surface area contributed by atoms with Gasteiger partial charge < -0.3 is 15.0 Å². The van der Waals surface area contributed by atoms with Gasteiger partial charge in [0.05, 0.1) is 17.5 Å². The second kappa shape index (κ2) is 6.63. The fraction of sp³-hybridized carbons (Fsp3) is 0.333. The Hall–Kier alpha value is -1.37. The van der Waals surface area contributed by atoms with E-state index in [0.717, 1.165) is 11.3 Å². The number of aromatic amines is 1. The molecule has 1 amide bonds. The van der Waals surface area contributed by atoms with Gasteiger partial charge in [-0.2, -0.15) is 11.8 Å². The summed E-state index contributed by atoms with van der Waals surface area (Å²) >= 11 is 14.0. The van der Waals surface area contributed by atoms with E-state index >= 15 is 0 Å². The molecule has 2 N–H and O–H groups in total. The summed E-state index contributed by atoms with van der Waals surface area (Å²) in [6.07, 6.45) is -0.0670. The molecule has 8 heteroatoms. The van der Waals surface area contributed by atoms with Crippen molar-refractivity contribution in [1.82, 2.24) is 9.88 Å². The summed E-state index contributed by atoms with van der Waals surface area (Å²) in [6.45, 7) is 0.508. The maximum Gasteiger partial charge on any atom is 0.305 e. The topological polar surface area (TPSA) is 73.4 Å². The molecule has 1 saturated heterocycles. The monoisotopic (exact) mass is 372 g/mol. The molecular weight excluding hydrogens is 359 g/mol. The van der Waals surface area contributed by atoms with Crippen LogP contribution in [0.1, 0.15) is 16.9 Å². The Bertz CT molecular complexity index is 777. The highest BCUT2D eigenvalue weighted by Gasteiger charge is 2.31. The Morgan fingerprint density at radius 1 is 1.39 bits per heavy atom. The smallest absolute Gasteiger partial charge is 0.305 e. The Labute approximate surface area is 146 Å². The lowest BCUT2D eigenvalue weighted by Crippen LogP contribution is -2.47. The maximum atomic E-state index is 12.8. The van der Waals surface area contributed by atoms with Crippen LogP contribution in [0, 0.1) is 0 Å². The van der Waals surface area contributed by atoms with Crippen molar-refractivity contribution in [2.45, 2.75) is 12.5 Å². The number of rotatable bonds is 3. The maximum absolute atomic E-state index is 12.8. The zero-order valence-corrected chi connectivity index (χ0v) is 14.3. The zero-order valence-electron chi connectivity index (χ0n) is 12.0. The number of nitrogens with one attached hydrogen (secondary N) is 1. The molecule has 1 unspecified atom stereocenters. The van der Waals surface area contributed by atoms with Crippen LogP contribution in [-0.2, 0) is 4.79 Å². The molecule has 0 bridgehead atoms. The van der Waals surface area contributed by atoms with Crippen molar-refractivity contribution in [2.75, 3.05) is 18.1 Å². The molecule has 1 fully saturated rings. The van der Waals surface area contributed by atoms with Crippen LogP contribution in [0.3, 0.4) is 0 Å². The van der Waals surface area contributed by atoms with E-state index in [1.54, 1.807) is 34.9 Å². The van der Waals surface area contributed by atoms with E-state index in [-0.39, 0.29) is 24.1 Å². The van der Waals surface area contributed by atoms with Gasteiger partial charge in [0.15, 0.2) is 0 Å². The Balaban J connectivity index is 1.95. The summed E-state index contributed by atoms with van der Waals surface area (Å²) in [6, 6.07) is 4.86. The number of H-pyrrole nitrogens is 1. The van der Waals surface area contributed by atoms with Gasteiger partial charge in [-0.1, -0.05) is 23.2 Å². The van der Waals surface area contributed by atoms with E-state index < -0.39 is 5.97 Å². The fourth-order valence-electron chi connectivity index (χ4n) is 2.72. The largest absolute Gasteiger partial charge is 0.481 e. The molecule has 3 rings (SSSR count). The van der Waals surface area contributed by atoms with Gasteiger partial charge in [0.1, 0.15) is 5.69 Å². The van der Waals surface area contributed by atoms with Crippen LogP contribution >= 0.6 is 35.0 Å². The summed E-state index contributed by atoms with van der Waals surface area (Å²) in [5, 5.41) is 10.6. The molecule has 23 heavy (non-hydrogen) atoms. The van der Waals surface area contributed by atoms with Gasteiger partial charge >= 0.3 is 5.97 Å². The Kier molecular flexibility index (Phi) is 4.75. The predicted molar refractivity (Wildman–Crippen MR) is 92.7 cm³/mol. The third kappa shape index (κ3) is 3.29. The van der Waals surface area contributed by atoms with Crippen LogP contribution in [0.2, 0.25) is 10.0 Å². The number of amides is 1. The van der Waals surface area contributed by atoms with Gasteiger partial charge in [0.25, 0.3) is 5.91 Å². The number of hydrogen-bond donors (Lipinski definition) is 2. The van der Waals surface area contributed by atoms with Crippen LogP contribution < -0.4 is 0 Å². The Morgan fingerprint density at radius 2 is 2.17 bits per heavy atom. The average molecular weight is 373 g/mol. The van der Waals surface area contributed by atoms with E-state index in [2.05, 4.69) is 4.98 Å². The van der Waals surface area contributed by atoms with Crippen molar-refractivity contribution >= 4 is 57.7 Å². The van der Waals surface area contributed by atoms with Gasteiger partial charge in [0.2, 0.25) is 0 Å². The van der Waals surface area contributed by atoms with Crippen LogP contribution in [0.5, 0.6) is 0 Å². The number of carboxylic acid groups (broad SMARTS) is 1. The first-order valence-electron chi connectivity index (χ1n) is 7.04. The lowest BCUT2D eigenvalue weighted by molar-refractivity contribution is -0.138. The molecule has 0 saturated carbocycles. The number of carboxylic acids is 1. The highest BCUT2D eigenvalue weighted by atomic mass is 35.5. The number of halogens is 2. The molecule has 0 aliphatic carbocycles. The van der Waals surface area contributed by atoms with E-state index in [4.69, 9.17) is 28.3 Å². The van der Waals surface area contributed by atoms with E-state index in [1.165, 1.54) is 0 Å². The summed E-state index contributed by atoms with van der Waals surface area (Å²) in [7, 11) is 0. The number of hydrogen-bond acceptors (Lipinski definition) is 3. The number of nitrogens with zero attached hydrogens (tertiary/aromatic N) is 1. The van der Waals surface area contributed by atoms with Crippen molar-refractivity contribution in [3.63, 3.8) is 0 Å². The number of carbonyl (C=O) groups is 2. The molecule has 0 radical (unpaired) electrons. The van der Waals surface area contributed by atoms with E-state index in [0.29, 0.717) is 27.7 Å². The molecular formula is C15H14Cl2N2O3S. The minimum Gasteiger partial charge on any atom is -0.481 e. The highest BCUT2D eigenvalue weighted by molar-refractivity contribution is 7.99. The van der Waals surface area contributed by atoms with Crippen molar-refractivity contribution in [3.8, 4) is 0 Å². The predicted octanol–water partition coefficient (Wildman–Crippen LogP) is 3.51. The first-order chi connectivity index (χ1) is 11.0. The minimum absolute atomic E-state index is 0.0670.